The van der Waals surface area contributed by atoms with Crippen molar-refractivity contribution in [2.45, 2.75) is 20.4 Å². The Morgan fingerprint density at radius 3 is 2.64 bits per heavy atom. The summed E-state index contributed by atoms with van der Waals surface area (Å²) in [4.78, 5) is 33.7. The summed E-state index contributed by atoms with van der Waals surface area (Å²) in [5.74, 6) is -1.30. The van der Waals surface area contributed by atoms with Crippen LogP contribution in [0.5, 0.6) is 0 Å². The van der Waals surface area contributed by atoms with Gasteiger partial charge in [-0.2, -0.15) is 12.7 Å². The van der Waals surface area contributed by atoms with Gasteiger partial charge >= 0.3 is 16.2 Å². The molecule has 11 heteroatoms. The molecule has 0 unspecified atom stereocenters. The number of rotatable bonds is 6. The molecule has 10 nitrogen and oxygen atoms in total. The van der Waals surface area contributed by atoms with Gasteiger partial charge in [0.05, 0.1) is 23.6 Å². The Labute approximate surface area is 144 Å². The molecule has 1 aliphatic rings. The highest BCUT2D eigenvalue weighted by Crippen LogP contribution is 2.24. The maximum absolute atomic E-state index is 11.9. The first kappa shape index (κ1) is 18.8. The second-order valence-corrected chi connectivity index (χ2v) is 7.56. The molecule has 1 amide bonds. The van der Waals surface area contributed by atoms with Crippen molar-refractivity contribution >= 4 is 27.8 Å². The Hall–Kier alpha value is -2.53. The number of amides is 1. The average molecular weight is 371 g/mol. The van der Waals surface area contributed by atoms with Gasteiger partial charge in [0.15, 0.2) is 0 Å². The van der Waals surface area contributed by atoms with Crippen molar-refractivity contribution in [1.82, 2.24) is 9.03 Å². The van der Waals surface area contributed by atoms with E-state index in [0.717, 1.165) is 10.4 Å². The fourth-order valence-electron chi connectivity index (χ4n) is 2.14. The SMILES string of the molecule is CC(C)COC(=O)c1ccc(CN2CC(=O)NS2(=O)=O)c([N+](=O)[O-])c1. The molecule has 1 aromatic rings. The van der Waals surface area contributed by atoms with E-state index in [-0.39, 0.29) is 30.2 Å². The number of nitro groups is 1. The minimum absolute atomic E-state index is 0.00502. The molecule has 0 aromatic heterocycles. The number of ether oxygens (including phenoxy) is 1. The van der Waals surface area contributed by atoms with Gasteiger partial charge in [0.25, 0.3) is 5.69 Å². The van der Waals surface area contributed by atoms with Crippen LogP contribution >= 0.6 is 0 Å². The van der Waals surface area contributed by atoms with Gasteiger partial charge in [-0.05, 0) is 18.1 Å². The standard InChI is InChI=1S/C14H17N3O7S/c1-9(2)8-24-14(19)10-3-4-11(12(5-10)17(20)21)6-16-7-13(18)15-25(16,22)23/h3-5,9H,6-8H2,1-2H3,(H,15,18). The first-order valence-corrected chi connectivity index (χ1v) is 8.79. The van der Waals surface area contributed by atoms with Crippen LogP contribution in [-0.2, 0) is 26.3 Å². The first-order chi connectivity index (χ1) is 11.6. The molecule has 25 heavy (non-hydrogen) atoms. The minimum Gasteiger partial charge on any atom is -0.462 e. The summed E-state index contributed by atoms with van der Waals surface area (Å²) in [5, 5.41) is 11.3. The molecule has 0 bridgehead atoms. The lowest BCUT2D eigenvalue weighted by molar-refractivity contribution is -0.385. The van der Waals surface area contributed by atoms with Crippen LogP contribution in [0.2, 0.25) is 0 Å². The van der Waals surface area contributed by atoms with Gasteiger partial charge in [0, 0.05) is 18.2 Å². The Balaban J connectivity index is 2.26. The summed E-state index contributed by atoms with van der Waals surface area (Å²) in [5.41, 5.74) is -0.367. The molecule has 1 N–H and O–H groups in total. The van der Waals surface area contributed by atoms with Gasteiger partial charge in [0.1, 0.15) is 0 Å². The van der Waals surface area contributed by atoms with Crippen LogP contribution in [0.4, 0.5) is 5.69 Å². The number of nitrogens with one attached hydrogen (secondary N) is 1. The number of carbonyl (C=O) groups excluding carboxylic acids is 2. The smallest absolute Gasteiger partial charge is 0.338 e. The van der Waals surface area contributed by atoms with E-state index in [2.05, 4.69) is 0 Å². The van der Waals surface area contributed by atoms with E-state index in [0.29, 0.717) is 0 Å². The summed E-state index contributed by atoms with van der Waals surface area (Å²) < 4.78 is 31.1. The quantitative estimate of drug-likeness (QED) is 0.439. The van der Waals surface area contributed by atoms with E-state index >= 15 is 0 Å². The van der Waals surface area contributed by atoms with Crippen molar-refractivity contribution in [2.24, 2.45) is 5.92 Å². The zero-order chi connectivity index (χ0) is 18.8. The molecule has 1 aliphatic heterocycles. The van der Waals surface area contributed by atoms with E-state index < -0.39 is 39.2 Å². The van der Waals surface area contributed by atoms with Crippen molar-refractivity contribution in [2.75, 3.05) is 13.2 Å². The molecule has 136 valence electrons. The molecule has 1 aromatic carbocycles. The van der Waals surface area contributed by atoms with Crippen molar-refractivity contribution in [3.63, 3.8) is 0 Å². The van der Waals surface area contributed by atoms with Gasteiger partial charge in [-0.25, -0.2) is 9.52 Å². The maximum Gasteiger partial charge on any atom is 0.338 e. The van der Waals surface area contributed by atoms with Crippen molar-refractivity contribution in [3.05, 3.63) is 39.4 Å². The monoisotopic (exact) mass is 371 g/mol. The predicted octanol–water partition coefficient (Wildman–Crippen LogP) is 0.584. The topological polar surface area (TPSA) is 136 Å². The van der Waals surface area contributed by atoms with Crippen LogP contribution in [0, 0.1) is 16.0 Å². The van der Waals surface area contributed by atoms with Crippen LogP contribution in [0.3, 0.4) is 0 Å². The number of hydrogen-bond acceptors (Lipinski definition) is 7. The second-order valence-electron chi connectivity index (χ2n) is 5.89. The van der Waals surface area contributed by atoms with Crippen LogP contribution in [0.25, 0.3) is 0 Å². The third-order valence-corrected chi connectivity index (χ3v) is 4.74. The second kappa shape index (κ2) is 7.15. The summed E-state index contributed by atoms with van der Waals surface area (Å²) in [6.45, 7) is 3.10. The minimum atomic E-state index is -4.00. The normalized spacial score (nSPS) is 16.7. The van der Waals surface area contributed by atoms with Crippen LogP contribution < -0.4 is 4.72 Å². The first-order valence-electron chi connectivity index (χ1n) is 7.35. The fraction of sp³-hybridized carbons (Fsp3) is 0.429. The van der Waals surface area contributed by atoms with E-state index in [1.807, 2.05) is 13.8 Å². The molecule has 1 heterocycles. The highest BCUT2D eigenvalue weighted by atomic mass is 32.2. The van der Waals surface area contributed by atoms with Gasteiger partial charge in [-0.1, -0.05) is 13.8 Å². The number of benzene rings is 1. The zero-order valence-electron chi connectivity index (χ0n) is 13.6. The summed E-state index contributed by atoms with van der Waals surface area (Å²) >= 11 is 0. The van der Waals surface area contributed by atoms with Gasteiger partial charge < -0.3 is 4.74 Å². The Kier molecular flexibility index (Phi) is 5.38. The summed E-state index contributed by atoms with van der Waals surface area (Å²) in [6.07, 6.45) is 0. The highest BCUT2D eigenvalue weighted by molar-refractivity contribution is 7.88. The predicted molar refractivity (Wildman–Crippen MR) is 85.7 cm³/mol. The number of nitro benzene ring substituents is 1. The number of hydrogen-bond donors (Lipinski definition) is 1. The number of carbonyl (C=O) groups is 2. The lowest BCUT2D eigenvalue weighted by atomic mass is 10.1. The zero-order valence-corrected chi connectivity index (χ0v) is 14.4. The average Bonchev–Trinajstić information content (AvgIpc) is 2.76. The van der Waals surface area contributed by atoms with E-state index in [1.54, 1.807) is 4.72 Å². The highest BCUT2D eigenvalue weighted by Gasteiger charge is 2.35. The molecule has 2 rings (SSSR count). The summed E-state index contributed by atoms with van der Waals surface area (Å²) in [6, 6.07) is 3.64. The van der Waals surface area contributed by atoms with Crippen molar-refractivity contribution in [1.29, 1.82) is 0 Å². The van der Waals surface area contributed by atoms with Gasteiger partial charge in [-0.3, -0.25) is 14.9 Å². The Morgan fingerprint density at radius 1 is 1.44 bits per heavy atom. The van der Waals surface area contributed by atoms with Gasteiger partial charge in [0.2, 0.25) is 5.91 Å². The Bertz CT molecular complexity index is 820. The third kappa shape index (κ3) is 4.51. The van der Waals surface area contributed by atoms with Crippen LogP contribution in [0.15, 0.2) is 18.2 Å². The molecule has 0 atom stereocenters. The van der Waals surface area contributed by atoms with Crippen molar-refractivity contribution < 1.29 is 27.7 Å². The van der Waals surface area contributed by atoms with Crippen LogP contribution in [0.1, 0.15) is 29.8 Å². The fourth-order valence-corrected chi connectivity index (χ4v) is 3.21. The molecular formula is C14H17N3O7S. The molecule has 1 fully saturated rings. The lowest BCUT2D eigenvalue weighted by Gasteiger charge is -2.13. The van der Waals surface area contributed by atoms with E-state index in [9.17, 15) is 28.1 Å². The molecule has 0 radical (unpaired) electrons. The number of esters is 1. The molecule has 0 aliphatic carbocycles. The maximum atomic E-state index is 11.9. The molecule has 1 saturated heterocycles. The van der Waals surface area contributed by atoms with E-state index in [4.69, 9.17) is 4.74 Å². The van der Waals surface area contributed by atoms with Gasteiger partial charge in [-0.15, -0.1) is 0 Å². The molecular weight excluding hydrogens is 354 g/mol. The van der Waals surface area contributed by atoms with Crippen LogP contribution in [-0.4, -0.2) is 42.7 Å². The summed E-state index contributed by atoms with van der Waals surface area (Å²) in [7, 11) is -4.00. The number of nitrogens with zero attached hydrogens (tertiary/aromatic N) is 2. The molecule has 0 spiro atoms. The Morgan fingerprint density at radius 2 is 2.12 bits per heavy atom. The molecule has 0 saturated carbocycles. The largest absolute Gasteiger partial charge is 0.462 e. The van der Waals surface area contributed by atoms with E-state index in [1.165, 1.54) is 12.1 Å². The lowest BCUT2D eigenvalue weighted by Crippen LogP contribution is -2.29. The van der Waals surface area contributed by atoms with Crippen molar-refractivity contribution in [3.8, 4) is 0 Å². The third-order valence-electron chi connectivity index (χ3n) is 3.31.